The summed E-state index contributed by atoms with van der Waals surface area (Å²) in [6.45, 7) is 5.48. The zero-order valence-corrected chi connectivity index (χ0v) is 11.7. The Morgan fingerprint density at radius 1 is 1.53 bits per heavy atom. The van der Waals surface area contributed by atoms with Crippen molar-refractivity contribution in [1.82, 2.24) is 15.1 Å². The van der Waals surface area contributed by atoms with E-state index in [0.717, 1.165) is 11.6 Å². The quantitative estimate of drug-likeness (QED) is 0.897. The average molecular weight is 256 g/mol. The van der Waals surface area contributed by atoms with E-state index in [9.17, 15) is 0 Å². The lowest BCUT2D eigenvalue weighted by Gasteiger charge is -2.22. The number of nitrogens with zero attached hydrogens (tertiary/aromatic N) is 2. The lowest BCUT2D eigenvalue weighted by Crippen LogP contribution is -2.30. The Morgan fingerprint density at radius 2 is 2.29 bits per heavy atom. The number of aryl methyl sites for hydroxylation is 1. The fraction of sp³-hybridized carbons (Fsp3) is 0.769. The fourth-order valence-corrected chi connectivity index (χ4v) is 3.17. The summed E-state index contributed by atoms with van der Waals surface area (Å²) in [4.78, 5) is 0. The maximum atomic E-state index is 6.25. The van der Waals surface area contributed by atoms with Crippen LogP contribution >= 0.6 is 11.6 Å². The number of hydrogen-bond acceptors (Lipinski definition) is 2. The molecule has 1 aromatic rings. The van der Waals surface area contributed by atoms with Crippen LogP contribution in [0.3, 0.4) is 0 Å². The van der Waals surface area contributed by atoms with Crippen molar-refractivity contribution in [3.05, 3.63) is 16.9 Å². The highest BCUT2D eigenvalue weighted by Gasteiger charge is 2.31. The van der Waals surface area contributed by atoms with Gasteiger partial charge in [-0.3, -0.25) is 4.68 Å². The molecule has 2 unspecified atom stereocenters. The Kier molecular flexibility index (Phi) is 4.10. The van der Waals surface area contributed by atoms with Crippen LogP contribution in [0.25, 0.3) is 0 Å². The van der Waals surface area contributed by atoms with Crippen molar-refractivity contribution in [2.45, 2.75) is 45.1 Å². The molecule has 3 nitrogen and oxygen atoms in total. The number of hydrogen-bond donors (Lipinski definition) is 1. The van der Waals surface area contributed by atoms with Crippen molar-refractivity contribution >= 4 is 11.6 Å². The van der Waals surface area contributed by atoms with Gasteiger partial charge in [-0.05, 0) is 25.3 Å². The van der Waals surface area contributed by atoms with Crippen LogP contribution in [0.15, 0.2) is 6.20 Å². The Hall–Kier alpha value is -0.540. The molecule has 96 valence electrons. The van der Waals surface area contributed by atoms with Crippen LogP contribution in [0.1, 0.15) is 44.7 Å². The first-order valence-corrected chi connectivity index (χ1v) is 6.88. The van der Waals surface area contributed by atoms with Gasteiger partial charge in [0.15, 0.2) is 0 Å². The van der Waals surface area contributed by atoms with E-state index >= 15 is 0 Å². The second-order valence-corrected chi connectivity index (χ2v) is 5.77. The molecule has 1 saturated carbocycles. The summed E-state index contributed by atoms with van der Waals surface area (Å²) in [6.07, 6.45) is 5.61. The summed E-state index contributed by atoms with van der Waals surface area (Å²) in [5.74, 6) is 1.27. The Bertz CT molecular complexity index is 353. The molecule has 1 heterocycles. The lowest BCUT2D eigenvalue weighted by molar-refractivity contribution is 0.410. The number of halogens is 1. The van der Waals surface area contributed by atoms with Crippen molar-refractivity contribution in [3.8, 4) is 0 Å². The summed E-state index contributed by atoms with van der Waals surface area (Å²) < 4.78 is 1.95. The molecule has 0 saturated heterocycles. The third kappa shape index (κ3) is 2.83. The van der Waals surface area contributed by atoms with Crippen LogP contribution in [-0.2, 0) is 7.05 Å². The minimum atomic E-state index is 0.554. The molecule has 1 fully saturated rings. The van der Waals surface area contributed by atoms with E-state index < -0.39 is 0 Å². The van der Waals surface area contributed by atoms with Crippen LogP contribution in [0, 0.1) is 5.92 Å². The first-order chi connectivity index (χ1) is 8.09. The SMILES string of the molecule is CC(C)NCC1CCCC1c1c(Cl)cnn1C. The number of rotatable bonds is 4. The normalized spacial score (nSPS) is 24.8. The molecule has 2 atom stereocenters. The average Bonchev–Trinajstić information content (AvgIpc) is 2.83. The van der Waals surface area contributed by atoms with Gasteiger partial charge in [-0.25, -0.2) is 0 Å². The van der Waals surface area contributed by atoms with Crippen molar-refractivity contribution in [2.75, 3.05) is 6.54 Å². The van der Waals surface area contributed by atoms with Gasteiger partial charge in [0.05, 0.1) is 16.9 Å². The lowest BCUT2D eigenvalue weighted by atomic mass is 9.92. The van der Waals surface area contributed by atoms with Crippen LogP contribution < -0.4 is 5.32 Å². The van der Waals surface area contributed by atoms with Gasteiger partial charge in [0.25, 0.3) is 0 Å². The van der Waals surface area contributed by atoms with Gasteiger partial charge >= 0.3 is 0 Å². The van der Waals surface area contributed by atoms with Gasteiger partial charge in [0.2, 0.25) is 0 Å². The summed E-state index contributed by atoms with van der Waals surface area (Å²) in [7, 11) is 1.99. The highest BCUT2D eigenvalue weighted by molar-refractivity contribution is 6.31. The van der Waals surface area contributed by atoms with Gasteiger partial charge in [0.1, 0.15) is 0 Å². The van der Waals surface area contributed by atoms with Gasteiger partial charge in [-0.2, -0.15) is 5.10 Å². The topological polar surface area (TPSA) is 29.9 Å². The maximum absolute atomic E-state index is 6.25. The predicted octanol–water partition coefficient (Wildman–Crippen LogP) is 2.96. The second-order valence-electron chi connectivity index (χ2n) is 5.36. The Morgan fingerprint density at radius 3 is 2.88 bits per heavy atom. The molecule has 17 heavy (non-hydrogen) atoms. The second kappa shape index (κ2) is 5.40. The Balaban J connectivity index is 2.09. The molecule has 0 bridgehead atoms. The zero-order valence-electron chi connectivity index (χ0n) is 10.9. The minimum absolute atomic E-state index is 0.554. The standard InChI is InChI=1S/C13H22ClN3/c1-9(2)15-7-10-5-4-6-11(10)13-12(14)8-16-17(13)3/h8-11,15H,4-7H2,1-3H3. The zero-order chi connectivity index (χ0) is 12.4. The largest absolute Gasteiger partial charge is 0.314 e. The maximum Gasteiger partial charge on any atom is 0.0820 e. The van der Waals surface area contributed by atoms with Crippen molar-refractivity contribution < 1.29 is 0 Å². The molecular formula is C13H22ClN3. The molecule has 0 spiro atoms. The number of aromatic nitrogens is 2. The summed E-state index contributed by atoms with van der Waals surface area (Å²) in [5, 5.41) is 8.63. The van der Waals surface area contributed by atoms with Gasteiger partial charge in [-0.1, -0.05) is 31.9 Å². The van der Waals surface area contributed by atoms with Crippen LogP contribution in [0.4, 0.5) is 0 Å². The van der Waals surface area contributed by atoms with Crippen LogP contribution in [-0.4, -0.2) is 22.4 Å². The third-order valence-corrected chi connectivity index (χ3v) is 4.03. The summed E-state index contributed by atoms with van der Waals surface area (Å²) >= 11 is 6.25. The summed E-state index contributed by atoms with van der Waals surface area (Å²) in [6, 6.07) is 0.554. The predicted molar refractivity (Wildman–Crippen MR) is 71.4 cm³/mol. The minimum Gasteiger partial charge on any atom is -0.314 e. The van der Waals surface area contributed by atoms with E-state index in [2.05, 4.69) is 24.3 Å². The molecule has 4 heteroatoms. The molecule has 1 aliphatic rings. The Labute approximate surface area is 109 Å². The van der Waals surface area contributed by atoms with Crippen molar-refractivity contribution in [3.63, 3.8) is 0 Å². The third-order valence-electron chi connectivity index (χ3n) is 3.74. The highest BCUT2D eigenvalue weighted by Crippen LogP contribution is 2.41. The van der Waals surface area contributed by atoms with Crippen molar-refractivity contribution in [2.24, 2.45) is 13.0 Å². The molecule has 1 N–H and O–H groups in total. The van der Waals surface area contributed by atoms with E-state index in [4.69, 9.17) is 11.6 Å². The van der Waals surface area contributed by atoms with E-state index in [0.29, 0.717) is 17.9 Å². The molecule has 0 radical (unpaired) electrons. The fourth-order valence-electron chi connectivity index (χ4n) is 2.87. The smallest absolute Gasteiger partial charge is 0.0820 e. The molecule has 1 aliphatic carbocycles. The van der Waals surface area contributed by atoms with Gasteiger partial charge < -0.3 is 5.32 Å². The van der Waals surface area contributed by atoms with E-state index in [1.807, 2.05) is 11.7 Å². The monoisotopic (exact) mass is 255 g/mol. The van der Waals surface area contributed by atoms with Gasteiger partial charge in [-0.15, -0.1) is 0 Å². The first kappa shape index (κ1) is 12.9. The molecular weight excluding hydrogens is 234 g/mol. The first-order valence-electron chi connectivity index (χ1n) is 6.50. The number of nitrogens with one attached hydrogen (secondary N) is 1. The molecule has 0 aliphatic heterocycles. The molecule has 1 aromatic heterocycles. The van der Waals surface area contributed by atoms with E-state index in [-0.39, 0.29) is 0 Å². The molecule has 2 rings (SSSR count). The molecule has 0 aromatic carbocycles. The van der Waals surface area contributed by atoms with Crippen molar-refractivity contribution in [1.29, 1.82) is 0 Å². The molecule has 0 amide bonds. The highest BCUT2D eigenvalue weighted by atomic mass is 35.5. The van der Waals surface area contributed by atoms with Crippen LogP contribution in [0.5, 0.6) is 0 Å². The van der Waals surface area contributed by atoms with Gasteiger partial charge in [0, 0.05) is 19.0 Å². The van der Waals surface area contributed by atoms with Crippen LogP contribution in [0.2, 0.25) is 5.02 Å². The van der Waals surface area contributed by atoms with E-state index in [1.54, 1.807) is 6.20 Å². The van der Waals surface area contributed by atoms with E-state index in [1.165, 1.54) is 25.0 Å². The summed E-state index contributed by atoms with van der Waals surface area (Å²) in [5.41, 5.74) is 1.22.